The number of hydrogen-bond acceptors (Lipinski definition) is 5. The van der Waals surface area contributed by atoms with Crippen molar-refractivity contribution in [2.75, 3.05) is 18.5 Å². The molecule has 0 spiro atoms. The first-order chi connectivity index (χ1) is 13.8. The minimum absolute atomic E-state index is 0.00163. The van der Waals surface area contributed by atoms with Crippen molar-refractivity contribution < 1.29 is 22.7 Å². The lowest BCUT2D eigenvalue weighted by atomic mass is 10.2. The Kier molecular flexibility index (Phi) is 8.17. The largest absolute Gasteiger partial charge is 0.494 e. The van der Waals surface area contributed by atoms with E-state index in [2.05, 4.69) is 15.4 Å². The molecule has 0 radical (unpaired) electrons. The van der Waals surface area contributed by atoms with Crippen LogP contribution in [0.5, 0.6) is 5.75 Å². The number of anilines is 1. The Morgan fingerprint density at radius 3 is 2.45 bits per heavy atom. The first kappa shape index (κ1) is 22.4. The Balaban J connectivity index is 1.79. The third-order valence-electron chi connectivity index (χ3n) is 3.83. The van der Waals surface area contributed by atoms with Gasteiger partial charge < -0.3 is 15.4 Å². The summed E-state index contributed by atoms with van der Waals surface area (Å²) in [5.74, 6) is 0.128. The van der Waals surface area contributed by atoms with Gasteiger partial charge in [0, 0.05) is 32.1 Å². The third-order valence-corrected chi connectivity index (χ3v) is 5.30. The molecule has 0 aliphatic carbocycles. The summed E-state index contributed by atoms with van der Waals surface area (Å²) >= 11 is 0. The highest BCUT2D eigenvalue weighted by Crippen LogP contribution is 2.15. The molecule has 29 heavy (non-hydrogen) atoms. The van der Waals surface area contributed by atoms with Gasteiger partial charge in [0.25, 0.3) is 0 Å². The fourth-order valence-corrected chi connectivity index (χ4v) is 3.55. The van der Waals surface area contributed by atoms with E-state index in [-0.39, 0.29) is 36.2 Å². The summed E-state index contributed by atoms with van der Waals surface area (Å²) in [7, 11) is -3.70. The number of nitrogens with one attached hydrogen (secondary N) is 3. The van der Waals surface area contributed by atoms with E-state index in [4.69, 9.17) is 4.74 Å². The van der Waals surface area contributed by atoms with Crippen LogP contribution in [0.15, 0.2) is 53.4 Å². The lowest BCUT2D eigenvalue weighted by Gasteiger charge is -2.09. The molecule has 8 nitrogen and oxygen atoms in total. The van der Waals surface area contributed by atoms with Crippen LogP contribution in [0.3, 0.4) is 0 Å². The summed E-state index contributed by atoms with van der Waals surface area (Å²) in [4.78, 5) is 23.2. The molecule has 0 bridgehead atoms. The standard InChI is InChI=1S/C20H25N3O5S/c1-3-28-18-7-9-19(10-8-18)29(26,27)22-12-11-20(25)21-14-16-5-4-6-17(13-16)23-15(2)24/h4-10,13,22H,3,11-12,14H2,1-2H3,(H,21,25)(H,23,24). The van der Waals surface area contributed by atoms with Gasteiger partial charge in [-0.15, -0.1) is 0 Å². The highest BCUT2D eigenvalue weighted by molar-refractivity contribution is 7.89. The number of carbonyl (C=O) groups is 2. The second kappa shape index (κ2) is 10.6. The van der Waals surface area contributed by atoms with Gasteiger partial charge in [-0.3, -0.25) is 9.59 Å². The van der Waals surface area contributed by atoms with Crippen LogP contribution in [0, 0.1) is 0 Å². The predicted molar refractivity (Wildman–Crippen MR) is 110 cm³/mol. The van der Waals surface area contributed by atoms with Crippen LogP contribution < -0.4 is 20.1 Å². The Bertz CT molecular complexity index is 943. The van der Waals surface area contributed by atoms with E-state index in [0.717, 1.165) is 5.56 Å². The maximum Gasteiger partial charge on any atom is 0.240 e. The molecule has 156 valence electrons. The van der Waals surface area contributed by atoms with Gasteiger partial charge in [0.05, 0.1) is 11.5 Å². The van der Waals surface area contributed by atoms with Gasteiger partial charge in [0.2, 0.25) is 21.8 Å². The molecule has 0 unspecified atom stereocenters. The average molecular weight is 420 g/mol. The van der Waals surface area contributed by atoms with Crippen LogP contribution in [-0.2, 0) is 26.2 Å². The van der Waals surface area contributed by atoms with Crippen LogP contribution in [0.1, 0.15) is 25.8 Å². The molecule has 0 aliphatic heterocycles. The molecule has 2 amide bonds. The zero-order chi connectivity index (χ0) is 21.3. The second-order valence-corrected chi connectivity index (χ2v) is 7.98. The van der Waals surface area contributed by atoms with Gasteiger partial charge in [0.1, 0.15) is 5.75 Å². The van der Waals surface area contributed by atoms with Gasteiger partial charge in [-0.2, -0.15) is 0 Å². The molecule has 9 heteroatoms. The zero-order valence-electron chi connectivity index (χ0n) is 16.4. The summed E-state index contributed by atoms with van der Waals surface area (Å²) < 4.78 is 32.2. The first-order valence-corrected chi connectivity index (χ1v) is 10.6. The third kappa shape index (κ3) is 7.55. The number of amides is 2. The smallest absolute Gasteiger partial charge is 0.240 e. The molecule has 0 aliphatic rings. The van der Waals surface area contributed by atoms with Gasteiger partial charge in [0.15, 0.2) is 0 Å². The van der Waals surface area contributed by atoms with Crippen molar-refractivity contribution in [3.63, 3.8) is 0 Å². The highest BCUT2D eigenvalue weighted by Gasteiger charge is 2.14. The molecular weight excluding hydrogens is 394 g/mol. The predicted octanol–water partition coefficient (Wildman–Crippen LogP) is 2.03. The minimum atomic E-state index is -3.70. The summed E-state index contributed by atoms with van der Waals surface area (Å²) in [6.07, 6.45) is 0.00163. The van der Waals surface area contributed by atoms with Gasteiger partial charge in [-0.25, -0.2) is 13.1 Å². The molecule has 2 rings (SSSR count). The van der Waals surface area contributed by atoms with Crippen molar-refractivity contribution in [2.24, 2.45) is 0 Å². The topological polar surface area (TPSA) is 114 Å². The molecule has 3 N–H and O–H groups in total. The lowest BCUT2D eigenvalue weighted by Crippen LogP contribution is -2.30. The van der Waals surface area contributed by atoms with E-state index >= 15 is 0 Å². The van der Waals surface area contributed by atoms with Crippen LogP contribution in [0.2, 0.25) is 0 Å². The quantitative estimate of drug-likeness (QED) is 0.545. The molecule has 0 fully saturated rings. The maximum atomic E-state index is 12.3. The van der Waals surface area contributed by atoms with Crippen LogP contribution >= 0.6 is 0 Å². The fraction of sp³-hybridized carbons (Fsp3) is 0.300. The molecule has 2 aromatic carbocycles. The molecule has 0 aromatic heterocycles. The number of sulfonamides is 1. The Labute approximate surface area is 170 Å². The van der Waals surface area contributed by atoms with Crippen molar-refractivity contribution in [3.05, 3.63) is 54.1 Å². The summed E-state index contributed by atoms with van der Waals surface area (Å²) in [6, 6.07) is 13.2. The average Bonchev–Trinajstić information content (AvgIpc) is 2.67. The van der Waals surface area contributed by atoms with E-state index in [1.807, 2.05) is 13.0 Å². The second-order valence-electron chi connectivity index (χ2n) is 6.21. The Morgan fingerprint density at radius 2 is 1.79 bits per heavy atom. The minimum Gasteiger partial charge on any atom is -0.494 e. The van der Waals surface area contributed by atoms with Crippen molar-refractivity contribution in [2.45, 2.75) is 31.7 Å². The molecule has 2 aromatic rings. The number of hydrogen-bond donors (Lipinski definition) is 3. The van der Waals surface area contributed by atoms with Crippen LogP contribution in [-0.4, -0.2) is 33.4 Å². The van der Waals surface area contributed by atoms with E-state index in [0.29, 0.717) is 18.0 Å². The molecule has 0 saturated carbocycles. The van der Waals surface area contributed by atoms with Crippen molar-refractivity contribution in [1.29, 1.82) is 0 Å². The number of benzene rings is 2. The van der Waals surface area contributed by atoms with Gasteiger partial charge in [-0.05, 0) is 48.9 Å². The normalized spacial score (nSPS) is 11.0. The Morgan fingerprint density at radius 1 is 1.07 bits per heavy atom. The van der Waals surface area contributed by atoms with Gasteiger partial charge >= 0.3 is 0 Å². The zero-order valence-corrected chi connectivity index (χ0v) is 17.2. The van der Waals surface area contributed by atoms with Crippen LogP contribution in [0.25, 0.3) is 0 Å². The monoisotopic (exact) mass is 419 g/mol. The van der Waals surface area contributed by atoms with Crippen LogP contribution in [0.4, 0.5) is 5.69 Å². The van der Waals surface area contributed by atoms with Crippen molar-refractivity contribution in [1.82, 2.24) is 10.0 Å². The molecular formula is C20H25N3O5S. The molecule has 0 saturated heterocycles. The van der Waals surface area contributed by atoms with Gasteiger partial charge in [-0.1, -0.05) is 12.1 Å². The maximum absolute atomic E-state index is 12.3. The summed E-state index contributed by atoms with van der Waals surface area (Å²) in [5, 5.41) is 5.40. The number of ether oxygens (including phenoxy) is 1. The SMILES string of the molecule is CCOc1ccc(S(=O)(=O)NCCC(=O)NCc2cccc(NC(C)=O)c2)cc1. The Hall–Kier alpha value is -2.91. The number of carbonyl (C=O) groups excluding carboxylic acids is 2. The van der Waals surface area contributed by atoms with E-state index in [1.54, 1.807) is 30.3 Å². The van der Waals surface area contributed by atoms with E-state index < -0.39 is 10.0 Å². The number of rotatable bonds is 10. The van der Waals surface area contributed by atoms with E-state index in [9.17, 15) is 18.0 Å². The van der Waals surface area contributed by atoms with E-state index in [1.165, 1.54) is 19.1 Å². The molecule has 0 heterocycles. The fourth-order valence-electron chi connectivity index (χ4n) is 2.52. The highest BCUT2D eigenvalue weighted by atomic mass is 32.2. The summed E-state index contributed by atoms with van der Waals surface area (Å²) in [6.45, 7) is 4.02. The summed E-state index contributed by atoms with van der Waals surface area (Å²) in [5.41, 5.74) is 1.46. The van der Waals surface area contributed by atoms with Crippen molar-refractivity contribution >= 4 is 27.5 Å². The van der Waals surface area contributed by atoms with Crippen molar-refractivity contribution in [3.8, 4) is 5.75 Å². The first-order valence-electron chi connectivity index (χ1n) is 9.16. The molecule has 0 atom stereocenters. The lowest BCUT2D eigenvalue weighted by molar-refractivity contribution is -0.121.